The molecule has 160 valence electrons. The molecule has 6 heteroatoms. The number of nitrogens with zero attached hydrogens (tertiary/aromatic N) is 1. The Morgan fingerprint density at radius 2 is 1.71 bits per heavy atom. The average Bonchev–Trinajstić information content (AvgIpc) is 3.25. The van der Waals surface area contributed by atoms with E-state index < -0.39 is 13.5 Å². The van der Waals surface area contributed by atoms with Gasteiger partial charge >= 0.3 is 7.60 Å². The van der Waals surface area contributed by atoms with E-state index in [9.17, 15) is 9.36 Å². The minimum Gasteiger partial charge on any atom is -0.306 e. The second kappa shape index (κ2) is 9.27. The molecule has 31 heavy (non-hydrogen) atoms. The fourth-order valence-corrected chi connectivity index (χ4v) is 6.26. The Balaban J connectivity index is 1.79. The zero-order valence-electron chi connectivity index (χ0n) is 17.7. The molecule has 1 aromatic heterocycles. The third-order valence-corrected chi connectivity index (χ3v) is 7.89. The normalized spacial score (nSPS) is 18.8. The molecule has 0 saturated heterocycles. The number of aromatic nitrogens is 1. The first-order valence-corrected chi connectivity index (χ1v) is 12.2. The predicted octanol–water partition coefficient (Wildman–Crippen LogP) is 6.37. The first-order chi connectivity index (χ1) is 15.1. The standard InChI is InChI=1S/C25H26NO4P/c1-3-29-31(28,30-4-2)23-15-14-21(24(23)25(27)18-10-6-5-7-11-18)20-16-19-12-8-9-13-22(19)26-17-20/h5-13,15-17,21,24H,3-4,14H2,1-2H3/t21-,24-/m0/s1. The van der Waals surface area contributed by atoms with Gasteiger partial charge in [0.25, 0.3) is 0 Å². The molecule has 2 atom stereocenters. The van der Waals surface area contributed by atoms with Crippen molar-refractivity contribution in [2.24, 2.45) is 5.92 Å². The van der Waals surface area contributed by atoms with Crippen molar-refractivity contribution in [1.29, 1.82) is 0 Å². The summed E-state index contributed by atoms with van der Waals surface area (Å²) >= 11 is 0. The number of para-hydroxylation sites is 1. The van der Waals surface area contributed by atoms with Crippen LogP contribution in [-0.4, -0.2) is 24.0 Å². The topological polar surface area (TPSA) is 65.5 Å². The van der Waals surface area contributed by atoms with E-state index in [1.54, 1.807) is 26.0 Å². The molecule has 0 unspecified atom stereocenters. The Hall–Kier alpha value is -2.59. The van der Waals surface area contributed by atoms with Crippen LogP contribution in [0.1, 0.15) is 42.1 Å². The molecule has 3 aromatic rings. The van der Waals surface area contributed by atoms with Crippen molar-refractivity contribution in [1.82, 2.24) is 4.98 Å². The zero-order chi connectivity index (χ0) is 21.8. The summed E-state index contributed by atoms with van der Waals surface area (Å²) in [7, 11) is -3.58. The van der Waals surface area contributed by atoms with Crippen LogP contribution in [0.2, 0.25) is 0 Å². The maximum absolute atomic E-state index is 13.7. The van der Waals surface area contributed by atoms with Gasteiger partial charge in [-0.05, 0) is 38.0 Å². The maximum Gasteiger partial charge on any atom is 0.357 e. The molecule has 0 fully saturated rings. The van der Waals surface area contributed by atoms with E-state index in [-0.39, 0.29) is 24.9 Å². The van der Waals surface area contributed by atoms with Crippen LogP contribution in [0.3, 0.4) is 0 Å². The van der Waals surface area contributed by atoms with E-state index in [0.717, 1.165) is 16.5 Å². The molecule has 0 amide bonds. The van der Waals surface area contributed by atoms with Gasteiger partial charge in [0.2, 0.25) is 0 Å². The minimum absolute atomic E-state index is 0.0814. The van der Waals surface area contributed by atoms with Gasteiger partial charge in [-0.25, -0.2) is 0 Å². The summed E-state index contributed by atoms with van der Waals surface area (Å²) in [6, 6.07) is 19.1. The van der Waals surface area contributed by atoms with Crippen LogP contribution in [0.25, 0.3) is 10.9 Å². The number of pyridine rings is 1. The Morgan fingerprint density at radius 3 is 2.42 bits per heavy atom. The van der Waals surface area contributed by atoms with E-state index in [0.29, 0.717) is 17.3 Å². The second-order valence-corrected chi connectivity index (χ2v) is 9.50. The Morgan fingerprint density at radius 1 is 1.03 bits per heavy atom. The molecule has 5 nitrogen and oxygen atoms in total. The van der Waals surface area contributed by atoms with Crippen LogP contribution in [0.4, 0.5) is 0 Å². The van der Waals surface area contributed by atoms with Crippen LogP contribution in [0.15, 0.2) is 78.3 Å². The highest BCUT2D eigenvalue weighted by Crippen LogP contribution is 2.64. The van der Waals surface area contributed by atoms with Crippen molar-refractivity contribution in [3.05, 3.63) is 89.4 Å². The van der Waals surface area contributed by atoms with E-state index in [4.69, 9.17) is 9.05 Å². The summed E-state index contributed by atoms with van der Waals surface area (Å²) < 4.78 is 24.9. The van der Waals surface area contributed by atoms with Crippen LogP contribution in [-0.2, 0) is 13.6 Å². The molecule has 1 heterocycles. The number of hydrogen-bond donors (Lipinski definition) is 0. The number of ketones is 1. The summed E-state index contributed by atoms with van der Waals surface area (Å²) in [5.74, 6) is -0.898. The van der Waals surface area contributed by atoms with Gasteiger partial charge in [0.1, 0.15) is 0 Å². The fourth-order valence-electron chi connectivity index (χ4n) is 4.24. The number of rotatable bonds is 8. The Labute approximate surface area is 182 Å². The first kappa shape index (κ1) is 21.6. The lowest BCUT2D eigenvalue weighted by Gasteiger charge is -2.26. The van der Waals surface area contributed by atoms with E-state index >= 15 is 0 Å². The molecule has 0 spiro atoms. The van der Waals surface area contributed by atoms with Crippen LogP contribution in [0, 0.1) is 5.92 Å². The molecule has 2 aromatic carbocycles. The molecule has 1 aliphatic carbocycles. The van der Waals surface area contributed by atoms with E-state index in [1.165, 1.54) is 0 Å². The van der Waals surface area contributed by atoms with E-state index in [1.807, 2.05) is 54.7 Å². The lowest BCUT2D eigenvalue weighted by Crippen LogP contribution is -2.22. The molecule has 4 rings (SSSR count). The largest absolute Gasteiger partial charge is 0.357 e. The lowest BCUT2D eigenvalue weighted by atomic mass is 9.83. The summed E-state index contributed by atoms with van der Waals surface area (Å²) in [5.41, 5.74) is 2.43. The quantitative estimate of drug-likeness (QED) is 0.304. The molecular formula is C25H26NO4P. The van der Waals surface area contributed by atoms with Crippen molar-refractivity contribution in [3.8, 4) is 0 Å². The second-order valence-electron chi connectivity index (χ2n) is 7.47. The SMILES string of the molecule is CCOP(=O)(OCC)C1=CC[C@@H](c2cnc3ccccc3c2)[C@@H]1C(=O)c1ccccc1. The number of carbonyl (C=O) groups excluding carboxylic acids is 1. The van der Waals surface area contributed by atoms with Crippen LogP contribution in [0.5, 0.6) is 0 Å². The lowest BCUT2D eigenvalue weighted by molar-refractivity contribution is 0.0927. The molecule has 0 radical (unpaired) electrons. The Bertz CT molecular complexity index is 1150. The van der Waals surface area contributed by atoms with Gasteiger partial charge in [-0.3, -0.25) is 14.3 Å². The van der Waals surface area contributed by atoms with Gasteiger partial charge in [0.05, 0.1) is 24.6 Å². The summed E-state index contributed by atoms with van der Waals surface area (Å²) in [6.07, 6.45) is 4.27. The third kappa shape index (κ3) is 4.27. The van der Waals surface area contributed by atoms with Crippen molar-refractivity contribution < 1.29 is 18.4 Å². The van der Waals surface area contributed by atoms with E-state index in [2.05, 4.69) is 11.1 Å². The number of benzene rings is 2. The number of Topliss-reactive ketones (excluding diaryl/α,β-unsaturated/α-hetero) is 1. The summed E-state index contributed by atoms with van der Waals surface area (Å²) in [5, 5.41) is 1.47. The maximum atomic E-state index is 13.7. The highest BCUT2D eigenvalue weighted by atomic mass is 31.2. The van der Waals surface area contributed by atoms with Crippen LogP contribution < -0.4 is 0 Å². The highest BCUT2D eigenvalue weighted by molar-refractivity contribution is 7.58. The van der Waals surface area contributed by atoms with Crippen molar-refractivity contribution in [3.63, 3.8) is 0 Å². The number of carbonyl (C=O) groups is 1. The molecule has 0 bridgehead atoms. The Kier molecular flexibility index (Phi) is 6.47. The van der Waals surface area contributed by atoms with Gasteiger partial charge in [-0.15, -0.1) is 0 Å². The van der Waals surface area contributed by atoms with Gasteiger partial charge in [-0.2, -0.15) is 0 Å². The smallest absolute Gasteiger partial charge is 0.306 e. The highest BCUT2D eigenvalue weighted by Gasteiger charge is 2.46. The average molecular weight is 435 g/mol. The van der Waals surface area contributed by atoms with Crippen molar-refractivity contribution >= 4 is 24.3 Å². The number of fused-ring (bicyclic) bond motifs is 1. The molecule has 0 saturated carbocycles. The van der Waals surface area contributed by atoms with Crippen molar-refractivity contribution in [2.75, 3.05) is 13.2 Å². The zero-order valence-corrected chi connectivity index (χ0v) is 18.6. The van der Waals surface area contributed by atoms with Gasteiger partial charge in [0, 0.05) is 28.4 Å². The predicted molar refractivity (Wildman–Crippen MR) is 122 cm³/mol. The van der Waals surface area contributed by atoms with Gasteiger partial charge in [0.15, 0.2) is 5.78 Å². The van der Waals surface area contributed by atoms with Gasteiger partial charge in [-0.1, -0.05) is 54.6 Å². The monoisotopic (exact) mass is 435 g/mol. The van der Waals surface area contributed by atoms with Crippen molar-refractivity contribution in [2.45, 2.75) is 26.2 Å². The minimum atomic E-state index is -3.58. The third-order valence-electron chi connectivity index (χ3n) is 5.60. The molecule has 1 aliphatic rings. The number of hydrogen-bond acceptors (Lipinski definition) is 5. The number of allylic oxidation sites excluding steroid dienone is 2. The summed E-state index contributed by atoms with van der Waals surface area (Å²) in [6.45, 7) is 4.03. The summed E-state index contributed by atoms with van der Waals surface area (Å²) in [4.78, 5) is 18.3. The fraction of sp³-hybridized carbons (Fsp3) is 0.280. The first-order valence-electron chi connectivity index (χ1n) is 10.6. The molecule has 0 N–H and O–H groups in total. The molecule has 0 aliphatic heterocycles. The van der Waals surface area contributed by atoms with Gasteiger partial charge < -0.3 is 9.05 Å². The molecular weight excluding hydrogens is 409 g/mol. The van der Waals surface area contributed by atoms with Crippen LogP contribution >= 0.6 is 7.60 Å².